The summed E-state index contributed by atoms with van der Waals surface area (Å²) in [6, 6.07) is 13.1. The molecule has 5 heteroatoms. The second-order valence-electron chi connectivity index (χ2n) is 4.46. The summed E-state index contributed by atoms with van der Waals surface area (Å²) in [5.41, 5.74) is 0. The Bertz CT molecular complexity index is 831. The van der Waals surface area contributed by atoms with E-state index in [1.54, 1.807) is 36.4 Å². The van der Waals surface area contributed by atoms with Crippen molar-refractivity contribution in [3.63, 3.8) is 0 Å². The lowest BCUT2D eigenvalue weighted by molar-refractivity contribution is 0.410. The second kappa shape index (κ2) is 5.35. The van der Waals surface area contributed by atoms with Crippen LogP contribution in [0.5, 0.6) is 23.0 Å². The number of aromatic hydroxyl groups is 2. The number of halogens is 2. The summed E-state index contributed by atoms with van der Waals surface area (Å²) >= 11 is 11.9. The highest BCUT2D eigenvalue weighted by molar-refractivity contribution is 6.35. The molecule has 0 fully saturated rings. The van der Waals surface area contributed by atoms with Crippen molar-refractivity contribution in [2.75, 3.05) is 0 Å². The topological polar surface area (TPSA) is 49.7 Å². The molecule has 0 saturated carbocycles. The predicted octanol–water partition coefficient (Wildman–Crippen LogP) is 5.35. The Morgan fingerprint density at radius 3 is 2.24 bits per heavy atom. The molecule has 0 aromatic heterocycles. The zero-order valence-electron chi connectivity index (χ0n) is 10.7. The number of benzene rings is 3. The molecule has 0 aliphatic rings. The molecule has 0 aliphatic carbocycles. The van der Waals surface area contributed by atoms with E-state index in [4.69, 9.17) is 27.9 Å². The van der Waals surface area contributed by atoms with Crippen molar-refractivity contribution in [1.82, 2.24) is 0 Å². The van der Waals surface area contributed by atoms with Gasteiger partial charge in [-0.3, -0.25) is 0 Å². The molecule has 3 rings (SSSR count). The molecule has 0 radical (unpaired) electrons. The molecule has 0 heterocycles. The largest absolute Gasteiger partial charge is 0.507 e. The second-order valence-corrected chi connectivity index (χ2v) is 5.31. The minimum atomic E-state index is -0.0607. The van der Waals surface area contributed by atoms with Gasteiger partial charge in [0, 0.05) is 21.9 Å². The first-order chi connectivity index (χ1) is 10.1. The molecule has 0 atom stereocenters. The Kier molecular flexibility index (Phi) is 3.53. The number of fused-ring (bicyclic) bond motifs is 1. The van der Waals surface area contributed by atoms with Gasteiger partial charge in [0.1, 0.15) is 11.5 Å². The fourth-order valence-electron chi connectivity index (χ4n) is 2.07. The number of phenols is 2. The summed E-state index contributed by atoms with van der Waals surface area (Å²) in [5, 5.41) is 22.1. The van der Waals surface area contributed by atoms with Crippen molar-refractivity contribution in [3.8, 4) is 23.0 Å². The van der Waals surface area contributed by atoms with E-state index >= 15 is 0 Å². The van der Waals surface area contributed by atoms with Crippen LogP contribution >= 0.6 is 23.2 Å². The van der Waals surface area contributed by atoms with E-state index in [1.807, 2.05) is 0 Å². The lowest BCUT2D eigenvalue weighted by atomic mass is 10.1. The maximum Gasteiger partial charge on any atom is 0.173 e. The van der Waals surface area contributed by atoms with Gasteiger partial charge in [-0.25, -0.2) is 0 Å². The molecular weight excluding hydrogens is 311 g/mol. The monoisotopic (exact) mass is 320 g/mol. The number of rotatable bonds is 2. The van der Waals surface area contributed by atoms with Gasteiger partial charge in [0.15, 0.2) is 11.5 Å². The Morgan fingerprint density at radius 2 is 1.52 bits per heavy atom. The third kappa shape index (κ3) is 2.58. The molecule has 106 valence electrons. The van der Waals surface area contributed by atoms with Gasteiger partial charge < -0.3 is 14.9 Å². The molecule has 3 aromatic carbocycles. The zero-order valence-corrected chi connectivity index (χ0v) is 12.2. The van der Waals surface area contributed by atoms with Crippen LogP contribution in [-0.2, 0) is 0 Å². The third-order valence-electron chi connectivity index (χ3n) is 3.07. The Morgan fingerprint density at radius 1 is 0.810 bits per heavy atom. The first-order valence-corrected chi connectivity index (χ1v) is 6.88. The van der Waals surface area contributed by atoms with Crippen molar-refractivity contribution in [3.05, 3.63) is 58.6 Å². The molecular formula is C16H10Cl2O3. The van der Waals surface area contributed by atoms with Crippen LogP contribution in [-0.4, -0.2) is 10.2 Å². The van der Waals surface area contributed by atoms with Crippen LogP contribution in [0.4, 0.5) is 0 Å². The zero-order chi connectivity index (χ0) is 15.0. The van der Waals surface area contributed by atoms with Gasteiger partial charge in [0.25, 0.3) is 0 Å². The van der Waals surface area contributed by atoms with Crippen molar-refractivity contribution < 1.29 is 14.9 Å². The van der Waals surface area contributed by atoms with Crippen molar-refractivity contribution in [1.29, 1.82) is 0 Å². The molecule has 0 amide bonds. The van der Waals surface area contributed by atoms with Crippen LogP contribution in [0.1, 0.15) is 0 Å². The highest BCUT2D eigenvalue weighted by Crippen LogP contribution is 2.43. The van der Waals surface area contributed by atoms with E-state index in [9.17, 15) is 10.2 Å². The van der Waals surface area contributed by atoms with Gasteiger partial charge in [0.2, 0.25) is 0 Å². The van der Waals surface area contributed by atoms with Crippen molar-refractivity contribution >= 4 is 34.0 Å². The number of hydrogen-bond acceptors (Lipinski definition) is 3. The maximum absolute atomic E-state index is 10.3. The van der Waals surface area contributed by atoms with Gasteiger partial charge >= 0.3 is 0 Å². The molecule has 3 nitrogen and oxygen atoms in total. The van der Waals surface area contributed by atoms with Crippen LogP contribution in [0, 0.1) is 0 Å². The summed E-state index contributed by atoms with van der Waals surface area (Å²) in [6.07, 6.45) is 0. The lowest BCUT2D eigenvalue weighted by Gasteiger charge is -2.12. The van der Waals surface area contributed by atoms with E-state index in [0.29, 0.717) is 26.6 Å². The lowest BCUT2D eigenvalue weighted by Crippen LogP contribution is -1.87. The van der Waals surface area contributed by atoms with Crippen LogP contribution in [0.25, 0.3) is 10.8 Å². The van der Waals surface area contributed by atoms with Crippen LogP contribution in [0.2, 0.25) is 10.0 Å². The SMILES string of the molecule is Oc1cc(Oc2ccc(Cl)cc2Cl)c(O)c2ccccc12. The average molecular weight is 321 g/mol. The average Bonchev–Trinajstić information content (AvgIpc) is 2.47. The standard InChI is InChI=1S/C16H10Cl2O3/c17-9-5-6-14(12(18)7-9)21-15-8-13(19)10-3-1-2-4-11(10)16(15)20/h1-8,19-20H. The van der Waals surface area contributed by atoms with E-state index in [0.717, 1.165) is 0 Å². The minimum Gasteiger partial charge on any atom is -0.507 e. The van der Waals surface area contributed by atoms with Gasteiger partial charge in [-0.15, -0.1) is 0 Å². The normalized spacial score (nSPS) is 10.8. The predicted molar refractivity (Wildman–Crippen MR) is 83.8 cm³/mol. The molecule has 0 unspecified atom stereocenters. The van der Waals surface area contributed by atoms with Gasteiger partial charge in [0.05, 0.1) is 5.02 Å². The van der Waals surface area contributed by atoms with E-state index in [-0.39, 0.29) is 17.2 Å². The van der Waals surface area contributed by atoms with Crippen LogP contribution in [0.3, 0.4) is 0 Å². The number of phenolic OH excluding ortho intramolecular Hbond substituents is 2. The van der Waals surface area contributed by atoms with Gasteiger partial charge in [-0.2, -0.15) is 0 Å². The summed E-state index contributed by atoms with van der Waals surface area (Å²) < 4.78 is 5.58. The minimum absolute atomic E-state index is 0.0171. The fourth-order valence-corrected chi connectivity index (χ4v) is 2.52. The maximum atomic E-state index is 10.3. The molecule has 21 heavy (non-hydrogen) atoms. The van der Waals surface area contributed by atoms with E-state index in [2.05, 4.69) is 0 Å². The summed E-state index contributed by atoms with van der Waals surface area (Å²) in [4.78, 5) is 0. The summed E-state index contributed by atoms with van der Waals surface area (Å²) in [6.45, 7) is 0. The fraction of sp³-hybridized carbons (Fsp3) is 0. The smallest absolute Gasteiger partial charge is 0.173 e. The molecule has 2 N–H and O–H groups in total. The molecule has 3 aromatic rings. The van der Waals surface area contributed by atoms with Crippen molar-refractivity contribution in [2.45, 2.75) is 0 Å². The van der Waals surface area contributed by atoms with E-state index in [1.165, 1.54) is 12.1 Å². The van der Waals surface area contributed by atoms with Crippen molar-refractivity contribution in [2.24, 2.45) is 0 Å². The number of hydrogen-bond donors (Lipinski definition) is 2. The first-order valence-electron chi connectivity index (χ1n) is 6.13. The van der Waals surface area contributed by atoms with Gasteiger partial charge in [-0.05, 0) is 18.2 Å². The number of ether oxygens (including phenoxy) is 1. The summed E-state index contributed by atoms with van der Waals surface area (Å²) in [7, 11) is 0. The highest BCUT2D eigenvalue weighted by atomic mass is 35.5. The van der Waals surface area contributed by atoms with Gasteiger partial charge in [-0.1, -0.05) is 47.5 Å². The molecule has 0 aliphatic heterocycles. The highest BCUT2D eigenvalue weighted by Gasteiger charge is 2.14. The Hall–Kier alpha value is -2.10. The molecule has 0 spiro atoms. The van der Waals surface area contributed by atoms with E-state index < -0.39 is 0 Å². The summed E-state index contributed by atoms with van der Waals surface area (Å²) in [5.74, 6) is 0.416. The molecule has 0 saturated heterocycles. The molecule has 0 bridgehead atoms. The Labute approximate surface area is 130 Å². The van der Waals surface area contributed by atoms with Crippen LogP contribution in [0.15, 0.2) is 48.5 Å². The quantitative estimate of drug-likeness (QED) is 0.626. The Balaban J connectivity index is 2.11. The van der Waals surface area contributed by atoms with Crippen LogP contribution < -0.4 is 4.74 Å². The third-order valence-corrected chi connectivity index (χ3v) is 3.60. The first kappa shape index (κ1) is 13.9.